The van der Waals surface area contributed by atoms with Crippen molar-refractivity contribution in [3.8, 4) is 11.5 Å². The summed E-state index contributed by atoms with van der Waals surface area (Å²) in [6.07, 6.45) is 0. The zero-order valence-corrected chi connectivity index (χ0v) is 18.3. The minimum Gasteiger partial charge on any atom is -0.497 e. The highest BCUT2D eigenvalue weighted by atomic mass is 32.1. The van der Waals surface area contributed by atoms with E-state index in [0.717, 1.165) is 31.7 Å². The van der Waals surface area contributed by atoms with Crippen molar-refractivity contribution in [2.45, 2.75) is 6.04 Å². The van der Waals surface area contributed by atoms with Crippen LogP contribution in [0.5, 0.6) is 11.5 Å². The summed E-state index contributed by atoms with van der Waals surface area (Å²) in [6, 6.07) is 7.11. The number of hydrogen-bond acceptors (Lipinski definition) is 7. The van der Waals surface area contributed by atoms with Gasteiger partial charge in [-0.15, -0.1) is 0 Å². The van der Waals surface area contributed by atoms with Crippen LogP contribution in [-0.2, 0) is 9.59 Å². The topological polar surface area (TPSA) is 83.1 Å². The summed E-state index contributed by atoms with van der Waals surface area (Å²) >= 11 is 1.63. The lowest BCUT2D eigenvalue weighted by Gasteiger charge is -2.37. The fraction of sp³-hybridized carbons (Fsp3) is 0.429. The van der Waals surface area contributed by atoms with E-state index in [-0.39, 0.29) is 6.04 Å². The molecule has 1 aromatic carbocycles. The maximum absolute atomic E-state index is 12.5. The van der Waals surface area contributed by atoms with Gasteiger partial charge in [-0.05, 0) is 41.6 Å². The van der Waals surface area contributed by atoms with Crippen molar-refractivity contribution >= 4 is 28.8 Å². The minimum absolute atomic E-state index is 0.0352. The first-order valence-electron chi connectivity index (χ1n) is 9.77. The van der Waals surface area contributed by atoms with Gasteiger partial charge in [-0.3, -0.25) is 14.5 Å². The zero-order valence-electron chi connectivity index (χ0n) is 17.5. The largest absolute Gasteiger partial charge is 0.497 e. The lowest BCUT2D eigenvalue weighted by molar-refractivity contribution is -0.136. The highest BCUT2D eigenvalue weighted by Crippen LogP contribution is 2.29. The molecule has 1 fully saturated rings. The average Bonchev–Trinajstić information content (AvgIpc) is 3.29. The molecule has 2 heterocycles. The number of nitrogens with zero attached hydrogens (tertiary/aromatic N) is 2. The molecular weight excluding hydrogens is 404 g/mol. The van der Waals surface area contributed by atoms with E-state index >= 15 is 0 Å². The van der Waals surface area contributed by atoms with E-state index in [1.54, 1.807) is 29.5 Å². The fourth-order valence-electron chi connectivity index (χ4n) is 3.42. The molecule has 1 saturated heterocycles. The number of ether oxygens (including phenoxy) is 2. The molecule has 2 N–H and O–H groups in total. The fourth-order valence-corrected chi connectivity index (χ4v) is 4.12. The van der Waals surface area contributed by atoms with Crippen molar-refractivity contribution in [3.63, 3.8) is 0 Å². The van der Waals surface area contributed by atoms with Gasteiger partial charge in [0.15, 0.2) is 0 Å². The molecule has 2 aromatic rings. The Morgan fingerprint density at radius 2 is 1.87 bits per heavy atom. The number of anilines is 1. The quantitative estimate of drug-likeness (QED) is 0.650. The number of rotatable bonds is 7. The number of likely N-dealkylation sites (N-methyl/N-ethyl adjacent to an activating group) is 1. The normalized spacial score (nSPS) is 16.0. The first-order chi connectivity index (χ1) is 14.5. The van der Waals surface area contributed by atoms with Crippen LogP contribution in [0.25, 0.3) is 0 Å². The van der Waals surface area contributed by atoms with Crippen LogP contribution in [0.15, 0.2) is 35.0 Å². The van der Waals surface area contributed by atoms with E-state index in [1.807, 2.05) is 5.38 Å². The van der Waals surface area contributed by atoms with E-state index in [1.165, 1.54) is 14.2 Å². The molecule has 162 valence electrons. The van der Waals surface area contributed by atoms with Crippen LogP contribution >= 0.6 is 11.3 Å². The molecular formula is C21H28N4O4S. The molecule has 3 rings (SSSR count). The number of nitrogens with one attached hydrogen (secondary N) is 2. The molecule has 8 nitrogen and oxygen atoms in total. The summed E-state index contributed by atoms with van der Waals surface area (Å²) in [5.74, 6) is -0.428. The first kappa shape index (κ1) is 22.1. The third kappa shape index (κ3) is 5.50. The van der Waals surface area contributed by atoms with E-state index < -0.39 is 11.8 Å². The Morgan fingerprint density at radius 1 is 1.10 bits per heavy atom. The van der Waals surface area contributed by atoms with Gasteiger partial charge >= 0.3 is 11.8 Å². The van der Waals surface area contributed by atoms with Crippen molar-refractivity contribution in [3.05, 3.63) is 40.6 Å². The smallest absolute Gasteiger partial charge is 0.313 e. The Balaban J connectivity index is 1.63. The van der Waals surface area contributed by atoms with Crippen molar-refractivity contribution in [1.82, 2.24) is 15.1 Å². The van der Waals surface area contributed by atoms with Gasteiger partial charge in [0.1, 0.15) is 11.5 Å². The summed E-state index contributed by atoms with van der Waals surface area (Å²) in [4.78, 5) is 29.6. The van der Waals surface area contributed by atoms with E-state index in [4.69, 9.17) is 9.47 Å². The molecule has 0 spiro atoms. The predicted octanol–water partition coefficient (Wildman–Crippen LogP) is 1.81. The number of amides is 2. The van der Waals surface area contributed by atoms with Gasteiger partial charge in [-0.25, -0.2) is 0 Å². The SMILES string of the molecule is COc1ccc(OC)c(NC(=O)C(=O)NCC(c2ccsc2)N2CCN(C)CC2)c1. The predicted molar refractivity (Wildman–Crippen MR) is 117 cm³/mol. The number of hydrogen-bond donors (Lipinski definition) is 2. The highest BCUT2D eigenvalue weighted by molar-refractivity contribution is 7.08. The van der Waals surface area contributed by atoms with Crippen LogP contribution in [0.2, 0.25) is 0 Å². The number of carbonyl (C=O) groups excluding carboxylic acids is 2. The summed E-state index contributed by atoms with van der Waals surface area (Å²) in [5, 5.41) is 9.52. The maximum Gasteiger partial charge on any atom is 0.313 e. The van der Waals surface area contributed by atoms with Gasteiger partial charge in [-0.1, -0.05) is 0 Å². The molecule has 1 unspecified atom stereocenters. The molecule has 0 radical (unpaired) electrons. The second kappa shape index (κ2) is 10.4. The standard InChI is InChI=1S/C21H28N4O4S/c1-24-7-9-25(10-8-24)18(15-6-11-30-14-15)13-22-20(26)21(27)23-17-12-16(28-2)4-5-19(17)29-3/h4-6,11-12,14,18H,7-10,13H2,1-3H3,(H,22,26)(H,23,27). The molecule has 1 aromatic heterocycles. The number of thiophene rings is 1. The highest BCUT2D eigenvalue weighted by Gasteiger charge is 2.26. The summed E-state index contributed by atoms with van der Waals surface area (Å²) in [7, 11) is 5.14. The Labute approximate surface area is 180 Å². The average molecular weight is 433 g/mol. The van der Waals surface area contributed by atoms with Gasteiger partial charge in [0, 0.05) is 38.8 Å². The maximum atomic E-state index is 12.5. The van der Waals surface area contributed by atoms with Gasteiger partial charge in [-0.2, -0.15) is 11.3 Å². The van der Waals surface area contributed by atoms with Crippen LogP contribution < -0.4 is 20.1 Å². The summed E-state index contributed by atoms with van der Waals surface area (Å²) in [5.41, 5.74) is 1.53. The van der Waals surface area contributed by atoms with Crippen molar-refractivity contribution in [1.29, 1.82) is 0 Å². The second-order valence-electron chi connectivity index (χ2n) is 7.14. The Morgan fingerprint density at radius 3 is 2.50 bits per heavy atom. The van der Waals surface area contributed by atoms with Crippen molar-refractivity contribution in [2.24, 2.45) is 0 Å². The third-order valence-corrected chi connectivity index (χ3v) is 5.93. The van der Waals surface area contributed by atoms with Crippen molar-refractivity contribution < 1.29 is 19.1 Å². The lowest BCUT2D eigenvalue weighted by atomic mass is 10.1. The molecule has 2 amide bonds. The second-order valence-corrected chi connectivity index (χ2v) is 7.92. The van der Waals surface area contributed by atoms with Crippen molar-refractivity contribution in [2.75, 3.05) is 59.3 Å². The molecule has 0 saturated carbocycles. The number of methoxy groups -OCH3 is 2. The summed E-state index contributed by atoms with van der Waals surface area (Å²) < 4.78 is 10.4. The van der Waals surface area contributed by atoms with Crippen LogP contribution in [0.1, 0.15) is 11.6 Å². The molecule has 9 heteroatoms. The summed E-state index contributed by atoms with van der Waals surface area (Å²) in [6.45, 7) is 4.15. The molecule has 30 heavy (non-hydrogen) atoms. The van der Waals surface area contributed by atoms with Gasteiger partial charge in [0.2, 0.25) is 0 Å². The van der Waals surface area contributed by atoms with Gasteiger partial charge in [0.05, 0.1) is 25.9 Å². The third-order valence-electron chi connectivity index (χ3n) is 5.22. The van der Waals surface area contributed by atoms with E-state index in [0.29, 0.717) is 23.7 Å². The van der Waals surface area contributed by atoms with Gasteiger partial charge in [0.25, 0.3) is 0 Å². The first-order valence-corrected chi connectivity index (χ1v) is 10.7. The van der Waals surface area contributed by atoms with Gasteiger partial charge < -0.3 is 25.0 Å². The molecule has 1 atom stereocenters. The van der Waals surface area contributed by atoms with E-state index in [9.17, 15) is 9.59 Å². The minimum atomic E-state index is -0.746. The Hall–Kier alpha value is -2.62. The van der Waals surface area contributed by atoms with E-state index in [2.05, 4.69) is 38.9 Å². The Kier molecular flexibility index (Phi) is 7.67. The number of benzene rings is 1. The van der Waals surface area contributed by atoms with Crippen LogP contribution in [0.3, 0.4) is 0 Å². The monoisotopic (exact) mass is 432 g/mol. The lowest BCUT2D eigenvalue weighted by Crippen LogP contribution is -2.49. The molecule has 0 bridgehead atoms. The Bertz CT molecular complexity index is 851. The van der Waals surface area contributed by atoms with Crippen LogP contribution in [-0.4, -0.2) is 75.6 Å². The number of carbonyl (C=O) groups is 2. The molecule has 1 aliphatic rings. The molecule has 1 aliphatic heterocycles. The molecule has 0 aliphatic carbocycles. The van der Waals surface area contributed by atoms with Crippen LogP contribution in [0.4, 0.5) is 5.69 Å². The zero-order chi connectivity index (χ0) is 21.5. The number of piperazine rings is 1. The van der Waals surface area contributed by atoms with Crippen LogP contribution in [0, 0.1) is 0 Å².